The number of nitrogens with one attached hydrogen (secondary N) is 1. The summed E-state index contributed by atoms with van der Waals surface area (Å²) in [6.07, 6.45) is 6.48. The number of rotatable bonds is 6. The van der Waals surface area contributed by atoms with Gasteiger partial charge in [-0.05, 0) is 56.3 Å². The highest BCUT2D eigenvalue weighted by Gasteiger charge is 2.19. The average molecular weight is 224 g/mol. The third-order valence-corrected chi connectivity index (χ3v) is 3.07. The lowest BCUT2D eigenvalue weighted by molar-refractivity contribution is 0.620. The van der Waals surface area contributed by atoms with Gasteiger partial charge in [-0.2, -0.15) is 0 Å². The largest absolute Gasteiger partial charge is 0.314 e. The van der Waals surface area contributed by atoms with Crippen LogP contribution in [0.25, 0.3) is 0 Å². The summed E-state index contributed by atoms with van der Waals surface area (Å²) in [7, 11) is 0. The quantitative estimate of drug-likeness (QED) is 0.729. The highest BCUT2D eigenvalue weighted by Crippen LogP contribution is 2.18. The highest BCUT2D eigenvalue weighted by molar-refractivity contribution is 6.30. The third-order valence-electron chi connectivity index (χ3n) is 2.82. The van der Waals surface area contributed by atoms with Gasteiger partial charge in [-0.3, -0.25) is 0 Å². The smallest absolute Gasteiger partial charge is 0.0406 e. The van der Waals surface area contributed by atoms with Crippen molar-refractivity contribution in [2.45, 2.75) is 38.1 Å². The topological polar surface area (TPSA) is 12.0 Å². The van der Waals surface area contributed by atoms with E-state index in [1.165, 1.54) is 44.2 Å². The van der Waals surface area contributed by atoms with Gasteiger partial charge in [0, 0.05) is 11.1 Å². The first-order chi connectivity index (χ1) is 7.34. The second kappa shape index (κ2) is 5.53. The van der Waals surface area contributed by atoms with Crippen molar-refractivity contribution in [3.63, 3.8) is 0 Å². The molecule has 0 spiro atoms. The molecule has 0 atom stereocenters. The van der Waals surface area contributed by atoms with Gasteiger partial charge < -0.3 is 5.32 Å². The number of unbranched alkanes of at least 4 members (excludes halogenated alkanes) is 1. The summed E-state index contributed by atoms with van der Waals surface area (Å²) in [6.45, 7) is 1.18. The Balaban J connectivity index is 1.58. The van der Waals surface area contributed by atoms with Crippen molar-refractivity contribution in [2.24, 2.45) is 0 Å². The lowest BCUT2D eigenvalue weighted by atomic mass is 10.1. The van der Waals surface area contributed by atoms with Crippen molar-refractivity contribution in [2.75, 3.05) is 6.54 Å². The van der Waals surface area contributed by atoms with Crippen LogP contribution in [0, 0.1) is 0 Å². The van der Waals surface area contributed by atoms with Crippen molar-refractivity contribution < 1.29 is 0 Å². The minimum absolute atomic E-state index is 0.828. The number of aryl methyl sites for hydroxylation is 1. The van der Waals surface area contributed by atoms with Crippen LogP contribution in [0.1, 0.15) is 31.2 Å². The Labute approximate surface area is 96.8 Å². The molecule has 15 heavy (non-hydrogen) atoms. The predicted molar refractivity (Wildman–Crippen MR) is 65.4 cm³/mol. The van der Waals surface area contributed by atoms with Crippen LogP contribution in [-0.2, 0) is 6.42 Å². The van der Waals surface area contributed by atoms with E-state index >= 15 is 0 Å². The van der Waals surface area contributed by atoms with Gasteiger partial charge in [0.25, 0.3) is 0 Å². The van der Waals surface area contributed by atoms with Crippen LogP contribution in [0.4, 0.5) is 0 Å². The zero-order valence-corrected chi connectivity index (χ0v) is 9.76. The van der Waals surface area contributed by atoms with Crippen molar-refractivity contribution in [3.8, 4) is 0 Å². The number of benzene rings is 1. The number of hydrogen-bond donors (Lipinski definition) is 1. The van der Waals surface area contributed by atoms with E-state index in [1.807, 2.05) is 12.1 Å². The Morgan fingerprint density at radius 2 is 1.87 bits per heavy atom. The van der Waals surface area contributed by atoms with Crippen LogP contribution in [0.2, 0.25) is 5.02 Å². The molecule has 0 aliphatic heterocycles. The molecule has 1 saturated carbocycles. The van der Waals surface area contributed by atoms with E-state index in [0.29, 0.717) is 0 Å². The maximum Gasteiger partial charge on any atom is 0.0406 e. The lowest BCUT2D eigenvalue weighted by Gasteiger charge is -2.03. The van der Waals surface area contributed by atoms with Crippen LogP contribution < -0.4 is 5.32 Å². The average Bonchev–Trinajstić information content (AvgIpc) is 3.04. The van der Waals surface area contributed by atoms with E-state index < -0.39 is 0 Å². The molecule has 82 valence electrons. The molecule has 1 aliphatic rings. The van der Waals surface area contributed by atoms with Crippen LogP contribution in [0.3, 0.4) is 0 Å². The van der Waals surface area contributed by atoms with Crippen LogP contribution >= 0.6 is 11.6 Å². The molecular formula is C13H18ClN. The molecule has 0 aromatic heterocycles. The maximum atomic E-state index is 5.83. The van der Waals surface area contributed by atoms with Gasteiger partial charge in [0.15, 0.2) is 0 Å². The Bertz CT molecular complexity index is 290. The molecule has 0 heterocycles. The van der Waals surface area contributed by atoms with Crippen molar-refractivity contribution in [3.05, 3.63) is 34.9 Å². The molecule has 1 N–H and O–H groups in total. The van der Waals surface area contributed by atoms with Crippen LogP contribution in [-0.4, -0.2) is 12.6 Å². The molecule has 1 fully saturated rings. The maximum absolute atomic E-state index is 5.83. The fourth-order valence-corrected chi connectivity index (χ4v) is 1.82. The summed E-state index contributed by atoms with van der Waals surface area (Å²) in [4.78, 5) is 0. The molecule has 0 saturated heterocycles. The predicted octanol–water partition coefficient (Wildman–Crippen LogP) is 3.41. The van der Waals surface area contributed by atoms with E-state index in [2.05, 4.69) is 17.4 Å². The van der Waals surface area contributed by atoms with E-state index in [0.717, 1.165) is 11.1 Å². The number of halogens is 1. The standard InChI is InChI=1S/C13H18ClN/c14-12-6-4-11(5-7-12)3-1-2-10-15-13-8-9-13/h4-7,13,15H,1-3,8-10H2. The van der Waals surface area contributed by atoms with Gasteiger partial charge in [-0.1, -0.05) is 23.7 Å². The Hall–Kier alpha value is -0.530. The first kappa shape index (κ1) is 11.0. The molecule has 0 bridgehead atoms. The van der Waals surface area contributed by atoms with Gasteiger partial charge in [0.2, 0.25) is 0 Å². The summed E-state index contributed by atoms with van der Waals surface area (Å²) in [5.41, 5.74) is 1.39. The zero-order valence-electron chi connectivity index (χ0n) is 9.01. The molecule has 1 aromatic carbocycles. The fourth-order valence-electron chi connectivity index (χ4n) is 1.70. The molecule has 1 aromatic rings. The Morgan fingerprint density at radius 3 is 2.53 bits per heavy atom. The molecule has 1 nitrogen and oxygen atoms in total. The van der Waals surface area contributed by atoms with Gasteiger partial charge in [-0.15, -0.1) is 0 Å². The normalized spacial score (nSPS) is 15.5. The molecule has 0 radical (unpaired) electrons. The first-order valence-corrected chi connectivity index (χ1v) is 6.20. The van der Waals surface area contributed by atoms with Crippen molar-refractivity contribution in [1.82, 2.24) is 5.32 Å². The Morgan fingerprint density at radius 1 is 1.13 bits per heavy atom. The van der Waals surface area contributed by atoms with Gasteiger partial charge in [0.1, 0.15) is 0 Å². The van der Waals surface area contributed by atoms with Gasteiger partial charge in [0.05, 0.1) is 0 Å². The lowest BCUT2D eigenvalue weighted by Crippen LogP contribution is -2.17. The first-order valence-electron chi connectivity index (χ1n) is 5.82. The van der Waals surface area contributed by atoms with Crippen LogP contribution in [0.15, 0.2) is 24.3 Å². The summed E-state index contributed by atoms with van der Waals surface area (Å²) in [5.74, 6) is 0. The van der Waals surface area contributed by atoms with E-state index in [1.54, 1.807) is 0 Å². The summed E-state index contributed by atoms with van der Waals surface area (Å²) in [5, 5.41) is 4.36. The molecule has 2 rings (SSSR count). The fraction of sp³-hybridized carbons (Fsp3) is 0.538. The van der Waals surface area contributed by atoms with Crippen LogP contribution in [0.5, 0.6) is 0 Å². The second-order valence-corrected chi connectivity index (χ2v) is 4.75. The summed E-state index contributed by atoms with van der Waals surface area (Å²) < 4.78 is 0. The second-order valence-electron chi connectivity index (χ2n) is 4.31. The zero-order chi connectivity index (χ0) is 10.5. The summed E-state index contributed by atoms with van der Waals surface area (Å²) >= 11 is 5.83. The molecular weight excluding hydrogens is 206 g/mol. The molecule has 2 heteroatoms. The number of hydrogen-bond acceptors (Lipinski definition) is 1. The van der Waals surface area contributed by atoms with Gasteiger partial charge in [-0.25, -0.2) is 0 Å². The van der Waals surface area contributed by atoms with Crippen molar-refractivity contribution >= 4 is 11.6 Å². The summed E-state index contributed by atoms with van der Waals surface area (Å²) in [6, 6.07) is 9.03. The molecule has 1 aliphatic carbocycles. The van der Waals surface area contributed by atoms with E-state index in [4.69, 9.17) is 11.6 Å². The monoisotopic (exact) mass is 223 g/mol. The van der Waals surface area contributed by atoms with E-state index in [-0.39, 0.29) is 0 Å². The van der Waals surface area contributed by atoms with Gasteiger partial charge >= 0.3 is 0 Å². The van der Waals surface area contributed by atoms with E-state index in [9.17, 15) is 0 Å². The molecule has 0 amide bonds. The Kier molecular flexibility index (Phi) is 4.04. The third kappa shape index (κ3) is 4.23. The minimum atomic E-state index is 0.828. The highest BCUT2D eigenvalue weighted by atomic mass is 35.5. The van der Waals surface area contributed by atoms with Crippen molar-refractivity contribution in [1.29, 1.82) is 0 Å². The SMILES string of the molecule is Clc1ccc(CCCCNC2CC2)cc1. The minimum Gasteiger partial charge on any atom is -0.314 e. The molecule has 0 unspecified atom stereocenters.